The van der Waals surface area contributed by atoms with Gasteiger partial charge in [-0.2, -0.15) is 0 Å². The van der Waals surface area contributed by atoms with Crippen molar-refractivity contribution in [1.29, 1.82) is 0 Å². The van der Waals surface area contributed by atoms with Crippen LogP contribution in [0, 0.1) is 0 Å². The van der Waals surface area contributed by atoms with Crippen LogP contribution >= 0.6 is 0 Å². The van der Waals surface area contributed by atoms with E-state index >= 15 is 0 Å². The molecule has 0 saturated heterocycles. The van der Waals surface area contributed by atoms with Gasteiger partial charge in [0.1, 0.15) is 6.10 Å². The second-order valence-electron chi connectivity index (χ2n) is 2.04. The summed E-state index contributed by atoms with van der Waals surface area (Å²) in [5.74, 6) is 0.0427. The van der Waals surface area contributed by atoms with E-state index in [0.717, 1.165) is 0 Å². The highest BCUT2D eigenvalue weighted by Crippen LogP contribution is 2.01. The molecule has 0 aromatic rings. The summed E-state index contributed by atoms with van der Waals surface area (Å²) >= 11 is 0. The zero-order chi connectivity index (χ0) is 8.15. The molecule has 0 aromatic heterocycles. The summed E-state index contributed by atoms with van der Waals surface area (Å²) in [6.07, 6.45) is 1.46. The van der Waals surface area contributed by atoms with Crippen LogP contribution in [-0.4, -0.2) is 11.9 Å². The summed E-state index contributed by atoms with van der Waals surface area (Å²) in [4.78, 5) is 10.5. The van der Waals surface area contributed by atoms with Crippen molar-refractivity contribution in [3.8, 4) is 0 Å². The third-order valence-electron chi connectivity index (χ3n) is 1.05. The average molecular weight is 140 g/mol. The van der Waals surface area contributed by atoms with Gasteiger partial charge in [-0.15, -0.1) is 0 Å². The monoisotopic (exact) mass is 140 g/mol. The summed E-state index contributed by atoms with van der Waals surface area (Å²) in [6, 6.07) is 0. The zero-order valence-electron chi connectivity index (χ0n) is 6.39. The van der Waals surface area contributed by atoms with Crippen LogP contribution < -0.4 is 0 Å². The average Bonchev–Trinajstić information content (AvgIpc) is 1.87. The third-order valence-corrected chi connectivity index (χ3v) is 1.05. The molecule has 0 spiro atoms. The van der Waals surface area contributed by atoms with Crippen molar-refractivity contribution in [2.45, 2.75) is 20.0 Å². The molecular weight excluding hydrogens is 128 g/mol. The Morgan fingerprint density at radius 1 is 1.70 bits per heavy atom. The lowest BCUT2D eigenvalue weighted by Gasteiger charge is -2.09. The summed E-state index contributed by atoms with van der Waals surface area (Å²) in [6.45, 7) is 10.1. The van der Waals surface area contributed by atoms with Gasteiger partial charge in [0, 0.05) is 6.92 Å². The Bertz CT molecular complexity index is 159. The van der Waals surface area contributed by atoms with Crippen molar-refractivity contribution in [1.82, 2.24) is 0 Å². The minimum Gasteiger partial charge on any atom is -0.484 e. The lowest BCUT2D eigenvalue weighted by molar-refractivity contribution is -0.117. The minimum atomic E-state index is -0.145. The van der Waals surface area contributed by atoms with Crippen molar-refractivity contribution in [3.63, 3.8) is 0 Å². The predicted octanol–water partition coefficient (Wildman–Crippen LogP) is 1.68. The molecule has 0 fully saturated rings. The van der Waals surface area contributed by atoms with Crippen LogP contribution in [0.15, 0.2) is 25.0 Å². The predicted molar refractivity (Wildman–Crippen MR) is 40.6 cm³/mol. The number of Topliss-reactive ketones (excluding diaryl/α,β-unsaturated/α-hetero) is 1. The fraction of sp³-hybridized carbons (Fsp3) is 0.375. The first kappa shape index (κ1) is 8.95. The molecule has 0 bridgehead atoms. The maximum atomic E-state index is 10.5. The van der Waals surface area contributed by atoms with Crippen molar-refractivity contribution < 1.29 is 9.53 Å². The van der Waals surface area contributed by atoms with Gasteiger partial charge < -0.3 is 4.74 Å². The van der Waals surface area contributed by atoms with Crippen LogP contribution in [0.5, 0.6) is 0 Å². The number of hydrogen-bond donors (Lipinski definition) is 0. The van der Waals surface area contributed by atoms with E-state index in [1.165, 1.54) is 6.92 Å². The number of hydrogen-bond acceptors (Lipinski definition) is 2. The van der Waals surface area contributed by atoms with Crippen LogP contribution in [0.1, 0.15) is 13.8 Å². The number of carbonyl (C=O) groups excluding carboxylic acids is 1. The first-order valence-electron chi connectivity index (χ1n) is 3.07. The van der Waals surface area contributed by atoms with Gasteiger partial charge in [0.15, 0.2) is 11.5 Å². The van der Waals surface area contributed by atoms with Gasteiger partial charge in [0.2, 0.25) is 0 Å². The van der Waals surface area contributed by atoms with E-state index in [-0.39, 0.29) is 17.6 Å². The maximum Gasteiger partial charge on any atom is 0.193 e. The molecule has 2 heteroatoms. The Morgan fingerprint density at radius 2 is 2.20 bits per heavy atom. The second kappa shape index (κ2) is 3.88. The quantitative estimate of drug-likeness (QED) is 0.337. The molecule has 0 amide bonds. The van der Waals surface area contributed by atoms with E-state index in [1.807, 2.05) is 0 Å². The van der Waals surface area contributed by atoms with Crippen molar-refractivity contribution in [2.75, 3.05) is 0 Å². The second-order valence-corrected chi connectivity index (χ2v) is 2.04. The van der Waals surface area contributed by atoms with Crippen molar-refractivity contribution in [2.24, 2.45) is 0 Å². The molecule has 1 atom stereocenters. The molecule has 2 nitrogen and oxygen atoms in total. The smallest absolute Gasteiger partial charge is 0.193 e. The Balaban J connectivity index is 3.79. The highest BCUT2D eigenvalue weighted by Gasteiger charge is 2.03. The largest absolute Gasteiger partial charge is 0.484 e. The molecule has 0 saturated carbocycles. The molecule has 0 unspecified atom stereocenters. The summed E-state index contributed by atoms with van der Waals surface area (Å²) in [7, 11) is 0. The number of allylic oxidation sites excluding steroid dienone is 1. The summed E-state index contributed by atoms with van der Waals surface area (Å²) in [5.41, 5.74) is 0. The number of ether oxygens (including phenoxy) is 1. The van der Waals surface area contributed by atoms with Gasteiger partial charge in [0.25, 0.3) is 0 Å². The van der Waals surface area contributed by atoms with Crippen molar-refractivity contribution in [3.05, 3.63) is 25.0 Å². The topological polar surface area (TPSA) is 26.3 Å². The Hall–Kier alpha value is -1.05. The molecule has 10 heavy (non-hydrogen) atoms. The lowest BCUT2D eigenvalue weighted by Crippen LogP contribution is -2.07. The van der Waals surface area contributed by atoms with E-state index in [4.69, 9.17) is 4.74 Å². The fourth-order valence-electron chi connectivity index (χ4n) is 0.355. The summed E-state index contributed by atoms with van der Waals surface area (Å²) in [5, 5.41) is 0. The van der Waals surface area contributed by atoms with Gasteiger partial charge in [-0.05, 0) is 6.92 Å². The molecule has 0 rings (SSSR count). The molecule has 0 radical (unpaired) electrons. The molecule has 0 N–H and O–H groups in total. The first-order valence-corrected chi connectivity index (χ1v) is 3.07. The van der Waals surface area contributed by atoms with Crippen LogP contribution in [0.4, 0.5) is 0 Å². The standard InChI is InChI=1S/C8H12O2/c1-5-6(2)10-8(4)7(3)9/h5-6H,1,4H2,2-3H3/t6-/m1/s1. The van der Waals surface area contributed by atoms with Crippen LogP contribution in [0.2, 0.25) is 0 Å². The Morgan fingerprint density at radius 3 is 2.50 bits per heavy atom. The highest BCUT2D eigenvalue weighted by atomic mass is 16.5. The molecule has 0 aliphatic rings. The summed E-state index contributed by atoms with van der Waals surface area (Å²) < 4.78 is 5.00. The molecule has 0 heterocycles. The zero-order valence-corrected chi connectivity index (χ0v) is 6.39. The number of rotatable bonds is 4. The SMILES string of the molecule is C=C[C@@H](C)OC(=C)C(C)=O. The van der Waals surface area contributed by atoms with E-state index < -0.39 is 0 Å². The number of carbonyl (C=O) groups is 1. The van der Waals surface area contributed by atoms with E-state index in [2.05, 4.69) is 13.2 Å². The van der Waals surface area contributed by atoms with Crippen LogP contribution in [-0.2, 0) is 9.53 Å². The van der Waals surface area contributed by atoms with Crippen LogP contribution in [0.3, 0.4) is 0 Å². The molecule has 0 aliphatic carbocycles. The lowest BCUT2D eigenvalue weighted by atomic mass is 10.3. The molecule has 0 aliphatic heterocycles. The van der Waals surface area contributed by atoms with Gasteiger partial charge in [-0.25, -0.2) is 0 Å². The van der Waals surface area contributed by atoms with E-state index in [9.17, 15) is 4.79 Å². The first-order chi connectivity index (χ1) is 4.57. The van der Waals surface area contributed by atoms with E-state index in [0.29, 0.717) is 0 Å². The van der Waals surface area contributed by atoms with Gasteiger partial charge in [-0.3, -0.25) is 4.79 Å². The minimum absolute atomic E-state index is 0.142. The van der Waals surface area contributed by atoms with E-state index in [1.54, 1.807) is 13.0 Å². The third kappa shape index (κ3) is 3.07. The normalized spacial score (nSPS) is 11.8. The Labute approximate surface area is 61.2 Å². The molecule has 56 valence electrons. The fourth-order valence-corrected chi connectivity index (χ4v) is 0.355. The van der Waals surface area contributed by atoms with Gasteiger partial charge >= 0.3 is 0 Å². The van der Waals surface area contributed by atoms with Gasteiger partial charge in [-0.1, -0.05) is 19.2 Å². The molecule has 0 aromatic carbocycles. The van der Waals surface area contributed by atoms with Gasteiger partial charge in [0.05, 0.1) is 0 Å². The van der Waals surface area contributed by atoms with Crippen LogP contribution in [0.25, 0.3) is 0 Å². The molecular formula is C8H12O2. The van der Waals surface area contributed by atoms with Crippen molar-refractivity contribution >= 4 is 5.78 Å². The number of ketones is 1. The maximum absolute atomic E-state index is 10.5. The highest BCUT2D eigenvalue weighted by molar-refractivity contribution is 5.90. The Kier molecular flexibility index (Phi) is 3.47.